The lowest BCUT2D eigenvalue weighted by atomic mass is 9.91. The van der Waals surface area contributed by atoms with Gasteiger partial charge in [-0.3, -0.25) is 4.98 Å². The van der Waals surface area contributed by atoms with Crippen LogP contribution in [0.25, 0.3) is 16.7 Å². The van der Waals surface area contributed by atoms with Gasteiger partial charge in [0.1, 0.15) is 0 Å². The molecule has 3 aromatic rings. The van der Waals surface area contributed by atoms with Gasteiger partial charge in [-0.05, 0) is 23.6 Å². The Morgan fingerprint density at radius 2 is 2.07 bits per heavy atom. The van der Waals surface area contributed by atoms with E-state index in [4.69, 9.17) is 4.74 Å². The van der Waals surface area contributed by atoms with Crippen LogP contribution in [0.1, 0.15) is 38.8 Å². The molecule has 4 heterocycles. The molecule has 7 heteroatoms. The maximum Gasteiger partial charge on any atom is 0.339 e. The number of nitrogens with one attached hydrogen (secondary N) is 1. The first-order valence-corrected chi connectivity index (χ1v) is 9.14. The third-order valence-corrected chi connectivity index (χ3v) is 5.76. The molecule has 2 aromatic heterocycles. The summed E-state index contributed by atoms with van der Waals surface area (Å²) in [6, 6.07) is 7.86. The minimum atomic E-state index is -0.516. The summed E-state index contributed by atoms with van der Waals surface area (Å²) in [7, 11) is 1.31. The first-order chi connectivity index (χ1) is 13.6. The van der Waals surface area contributed by atoms with E-state index in [0.717, 1.165) is 23.0 Å². The average Bonchev–Trinajstić information content (AvgIpc) is 3.06. The number of para-hydroxylation sites is 1. The molecule has 0 aliphatic carbocycles. The molecule has 0 spiro atoms. The maximum atomic E-state index is 12.3. The van der Waals surface area contributed by atoms with Crippen LogP contribution in [-0.2, 0) is 17.6 Å². The predicted molar refractivity (Wildman–Crippen MR) is 103 cm³/mol. The van der Waals surface area contributed by atoms with Crippen LogP contribution in [0.2, 0.25) is 0 Å². The molecule has 0 bridgehead atoms. The van der Waals surface area contributed by atoms with Crippen LogP contribution >= 0.6 is 0 Å². The maximum absolute atomic E-state index is 12.3. The van der Waals surface area contributed by atoms with Crippen LogP contribution in [0.5, 0.6) is 0 Å². The first kappa shape index (κ1) is 16.7. The fraction of sp³-hybridized carbons (Fsp3) is 0.238. The lowest BCUT2D eigenvalue weighted by molar-refractivity contribution is 0.0598. The van der Waals surface area contributed by atoms with Crippen molar-refractivity contribution in [3.05, 3.63) is 70.5 Å². The van der Waals surface area contributed by atoms with E-state index in [1.165, 1.54) is 25.1 Å². The number of aromatic amines is 1. The number of nitrogens with zero attached hydrogens (tertiary/aromatic N) is 2. The average molecular weight is 377 g/mol. The van der Waals surface area contributed by atoms with E-state index in [1.807, 2.05) is 18.2 Å². The second kappa shape index (κ2) is 6.02. The zero-order chi connectivity index (χ0) is 19.4. The summed E-state index contributed by atoms with van der Waals surface area (Å²) in [5.41, 5.74) is 4.50. The van der Waals surface area contributed by atoms with Crippen molar-refractivity contribution in [1.29, 1.82) is 0 Å². The molecule has 1 aromatic carbocycles. The van der Waals surface area contributed by atoms with E-state index < -0.39 is 5.97 Å². The van der Waals surface area contributed by atoms with Gasteiger partial charge >= 0.3 is 5.97 Å². The van der Waals surface area contributed by atoms with E-state index in [2.05, 4.69) is 16.0 Å². The number of esters is 1. The van der Waals surface area contributed by atoms with Crippen LogP contribution in [0.15, 0.2) is 42.5 Å². The molecular formula is C21H19N3O4. The molecule has 2 aliphatic rings. The Morgan fingerprint density at radius 3 is 2.89 bits per heavy atom. The number of carbonyl (C=O) groups is 1. The molecule has 28 heavy (non-hydrogen) atoms. The second-order valence-corrected chi connectivity index (χ2v) is 7.10. The third kappa shape index (κ3) is 2.22. The number of benzene rings is 1. The fourth-order valence-corrected chi connectivity index (χ4v) is 4.43. The molecule has 0 unspecified atom stereocenters. The van der Waals surface area contributed by atoms with E-state index in [0.29, 0.717) is 29.7 Å². The molecule has 3 N–H and O–H groups in total. The molecule has 142 valence electrons. The predicted octanol–water partition coefficient (Wildman–Crippen LogP) is 3.25. The molecule has 0 radical (unpaired) electrons. The van der Waals surface area contributed by atoms with Crippen molar-refractivity contribution >= 4 is 22.6 Å². The quantitative estimate of drug-likeness (QED) is 0.563. The second-order valence-electron chi connectivity index (χ2n) is 7.10. The van der Waals surface area contributed by atoms with Crippen molar-refractivity contribution in [2.75, 3.05) is 13.7 Å². The molecule has 0 saturated heterocycles. The Kier molecular flexibility index (Phi) is 3.58. The molecule has 0 amide bonds. The highest BCUT2D eigenvalue weighted by atomic mass is 16.5. The summed E-state index contributed by atoms with van der Waals surface area (Å²) in [6.07, 6.45) is 4.08. The number of H-pyrrole nitrogens is 1. The Bertz CT molecular complexity index is 1150. The number of fused-ring (bicyclic) bond motifs is 6. The molecule has 7 nitrogen and oxygen atoms in total. The normalized spacial score (nSPS) is 18.3. The van der Waals surface area contributed by atoms with Crippen LogP contribution < -0.4 is 0 Å². The number of aromatic nitrogens is 2. The smallest absolute Gasteiger partial charge is 0.339 e. The number of aliphatic hydroxyl groups excluding tert-OH is 2. The van der Waals surface area contributed by atoms with Gasteiger partial charge in [0.2, 0.25) is 5.88 Å². The van der Waals surface area contributed by atoms with Gasteiger partial charge in [0.05, 0.1) is 18.7 Å². The van der Waals surface area contributed by atoms with Crippen molar-refractivity contribution in [2.45, 2.75) is 18.9 Å². The van der Waals surface area contributed by atoms with Gasteiger partial charge in [0, 0.05) is 47.5 Å². The minimum Gasteiger partial charge on any atom is -0.503 e. The lowest BCUT2D eigenvalue weighted by Crippen LogP contribution is -2.35. The van der Waals surface area contributed by atoms with Gasteiger partial charge in [-0.15, -0.1) is 0 Å². The SMILES string of the molecule is COC(=O)c1cncc2c1C[C@H]1c3[nH]c4ccccc4c3CCN1C(O)=C2O. The van der Waals surface area contributed by atoms with E-state index in [9.17, 15) is 15.0 Å². The van der Waals surface area contributed by atoms with Gasteiger partial charge in [0.25, 0.3) is 0 Å². The minimum absolute atomic E-state index is 0.197. The summed E-state index contributed by atoms with van der Waals surface area (Å²) in [5.74, 6) is -0.982. The number of methoxy groups -OCH3 is 1. The summed E-state index contributed by atoms with van der Waals surface area (Å²) in [5, 5.41) is 22.6. The summed E-state index contributed by atoms with van der Waals surface area (Å²) in [4.78, 5) is 21.6. The van der Waals surface area contributed by atoms with E-state index >= 15 is 0 Å². The molecule has 1 atom stereocenters. The monoisotopic (exact) mass is 377 g/mol. The van der Waals surface area contributed by atoms with Crippen molar-refractivity contribution in [2.24, 2.45) is 0 Å². The highest BCUT2D eigenvalue weighted by Gasteiger charge is 2.37. The van der Waals surface area contributed by atoms with Gasteiger partial charge < -0.3 is 24.8 Å². The van der Waals surface area contributed by atoms with Gasteiger partial charge in [-0.2, -0.15) is 0 Å². The van der Waals surface area contributed by atoms with Crippen LogP contribution in [0.3, 0.4) is 0 Å². The standard InChI is InChI=1S/C21H19N3O4/c1-28-21(27)15-10-22-9-14-13(15)8-17-18-12(6-7-24(17)20(26)19(14)25)11-4-2-3-5-16(11)23-18/h2-5,9-10,17,23,25-26H,6-8H2,1H3/t17-/m0/s1. The summed E-state index contributed by atoms with van der Waals surface area (Å²) in [6.45, 7) is 0.560. The fourth-order valence-electron chi connectivity index (χ4n) is 4.43. The van der Waals surface area contributed by atoms with Gasteiger partial charge in [0.15, 0.2) is 5.76 Å². The number of rotatable bonds is 1. The molecular weight excluding hydrogens is 358 g/mol. The number of hydrogen-bond acceptors (Lipinski definition) is 6. The topological polar surface area (TPSA) is 98.7 Å². The van der Waals surface area contributed by atoms with Crippen LogP contribution in [-0.4, -0.2) is 44.7 Å². The van der Waals surface area contributed by atoms with Crippen LogP contribution in [0.4, 0.5) is 0 Å². The Balaban J connectivity index is 1.74. The number of pyridine rings is 1. The molecule has 5 rings (SSSR count). The van der Waals surface area contributed by atoms with Crippen molar-refractivity contribution in [1.82, 2.24) is 14.9 Å². The van der Waals surface area contributed by atoms with Crippen molar-refractivity contribution < 1.29 is 19.7 Å². The number of aliphatic hydroxyl groups is 2. The van der Waals surface area contributed by atoms with E-state index in [1.54, 1.807) is 4.90 Å². The number of ether oxygens (including phenoxy) is 1. The largest absolute Gasteiger partial charge is 0.503 e. The number of hydrogen-bond donors (Lipinski definition) is 3. The summed E-state index contributed by atoms with van der Waals surface area (Å²) < 4.78 is 4.90. The summed E-state index contributed by atoms with van der Waals surface area (Å²) >= 11 is 0. The van der Waals surface area contributed by atoms with Gasteiger partial charge in [-0.25, -0.2) is 4.79 Å². The highest BCUT2D eigenvalue weighted by molar-refractivity contribution is 5.92. The zero-order valence-corrected chi connectivity index (χ0v) is 15.3. The van der Waals surface area contributed by atoms with Gasteiger partial charge in [-0.1, -0.05) is 18.2 Å². The number of carbonyl (C=O) groups excluding carboxylic acids is 1. The zero-order valence-electron chi connectivity index (χ0n) is 15.3. The third-order valence-electron chi connectivity index (χ3n) is 5.76. The molecule has 0 fully saturated rings. The molecule has 0 saturated carbocycles. The Labute approximate surface area is 160 Å². The first-order valence-electron chi connectivity index (χ1n) is 9.14. The Hall–Kier alpha value is -3.48. The lowest BCUT2D eigenvalue weighted by Gasteiger charge is -2.35. The van der Waals surface area contributed by atoms with Crippen molar-refractivity contribution in [3.63, 3.8) is 0 Å². The van der Waals surface area contributed by atoms with Crippen LogP contribution in [0, 0.1) is 0 Å². The molecule has 2 aliphatic heterocycles. The van der Waals surface area contributed by atoms with E-state index in [-0.39, 0.29) is 17.7 Å². The Morgan fingerprint density at radius 1 is 1.25 bits per heavy atom. The van der Waals surface area contributed by atoms with Crippen molar-refractivity contribution in [3.8, 4) is 0 Å². The highest BCUT2D eigenvalue weighted by Crippen LogP contribution is 2.42.